The number of amides is 1. The molecule has 0 spiro atoms. The third-order valence-electron chi connectivity index (χ3n) is 3.51. The zero-order valence-corrected chi connectivity index (χ0v) is 11.2. The van der Waals surface area contributed by atoms with Crippen LogP contribution >= 0.6 is 11.6 Å². The highest BCUT2D eigenvalue weighted by Gasteiger charge is 2.27. The van der Waals surface area contributed by atoms with E-state index >= 15 is 0 Å². The minimum atomic E-state index is 0.0371. The Morgan fingerprint density at radius 1 is 1.37 bits per heavy atom. The van der Waals surface area contributed by atoms with E-state index in [1.165, 1.54) is 5.57 Å². The highest BCUT2D eigenvalue weighted by atomic mass is 35.5. The zero-order valence-electron chi connectivity index (χ0n) is 10.4. The van der Waals surface area contributed by atoms with Crippen LogP contribution in [0.1, 0.15) is 12.8 Å². The van der Waals surface area contributed by atoms with Gasteiger partial charge in [0.2, 0.25) is 0 Å². The second-order valence-electron chi connectivity index (χ2n) is 4.80. The molecule has 2 N–H and O–H groups in total. The average molecular weight is 275 g/mol. The Labute approximate surface area is 117 Å². The molecule has 2 aliphatic rings. The molecule has 0 saturated heterocycles. The van der Waals surface area contributed by atoms with E-state index in [0.29, 0.717) is 11.6 Å². The van der Waals surface area contributed by atoms with Crippen LogP contribution in [0.5, 0.6) is 0 Å². The van der Waals surface area contributed by atoms with Gasteiger partial charge >= 0.3 is 0 Å². The van der Waals surface area contributed by atoms with Crippen LogP contribution in [0.2, 0.25) is 5.02 Å². The van der Waals surface area contributed by atoms with Gasteiger partial charge in [0, 0.05) is 22.8 Å². The maximum Gasteiger partial charge on any atom is 0.251 e. The van der Waals surface area contributed by atoms with E-state index in [1.54, 1.807) is 0 Å². The van der Waals surface area contributed by atoms with Crippen molar-refractivity contribution in [1.29, 1.82) is 0 Å². The van der Waals surface area contributed by atoms with Crippen LogP contribution in [0.25, 0.3) is 0 Å². The van der Waals surface area contributed by atoms with Crippen LogP contribution < -0.4 is 10.6 Å². The van der Waals surface area contributed by atoms with Crippen molar-refractivity contribution in [2.75, 3.05) is 11.9 Å². The zero-order chi connectivity index (χ0) is 13.2. The largest absolute Gasteiger partial charge is 0.377 e. The van der Waals surface area contributed by atoms with Gasteiger partial charge in [0.05, 0.1) is 6.04 Å². The summed E-state index contributed by atoms with van der Waals surface area (Å²) in [5, 5.41) is 7.08. The van der Waals surface area contributed by atoms with Crippen LogP contribution in [0.4, 0.5) is 5.69 Å². The first-order valence-electron chi connectivity index (χ1n) is 6.44. The topological polar surface area (TPSA) is 41.1 Å². The highest BCUT2D eigenvalue weighted by Crippen LogP contribution is 2.27. The molecule has 4 heteroatoms. The van der Waals surface area contributed by atoms with Gasteiger partial charge in [-0.15, -0.1) is 0 Å². The lowest BCUT2D eigenvalue weighted by molar-refractivity contribution is -0.117. The molecule has 1 atom stereocenters. The fourth-order valence-corrected chi connectivity index (χ4v) is 2.79. The summed E-state index contributed by atoms with van der Waals surface area (Å²) in [5.41, 5.74) is 3.00. The van der Waals surface area contributed by atoms with Crippen molar-refractivity contribution in [3.8, 4) is 0 Å². The molecule has 1 amide bonds. The number of allylic oxidation sites excluding steroid dienone is 1. The summed E-state index contributed by atoms with van der Waals surface area (Å²) < 4.78 is 0. The smallest absolute Gasteiger partial charge is 0.251 e. The summed E-state index contributed by atoms with van der Waals surface area (Å²) in [5.74, 6) is 0.0371. The molecule has 1 aromatic carbocycles. The van der Waals surface area contributed by atoms with Crippen LogP contribution in [-0.2, 0) is 4.79 Å². The van der Waals surface area contributed by atoms with Crippen LogP contribution in [-0.4, -0.2) is 18.5 Å². The quantitative estimate of drug-likeness (QED) is 0.871. The molecular formula is C15H15ClN2O. The van der Waals surface area contributed by atoms with Crippen LogP contribution in [0.3, 0.4) is 0 Å². The van der Waals surface area contributed by atoms with Gasteiger partial charge in [-0.1, -0.05) is 29.8 Å². The molecule has 1 aliphatic heterocycles. The number of hydrogen-bond acceptors (Lipinski definition) is 2. The number of benzene rings is 1. The molecule has 3 rings (SSSR count). The van der Waals surface area contributed by atoms with Crippen LogP contribution in [0.15, 0.2) is 47.6 Å². The Bertz CT molecular complexity index is 577. The maximum atomic E-state index is 11.8. The van der Waals surface area contributed by atoms with Gasteiger partial charge in [0.1, 0.15) is 0 Å². The monoisotopic (exact) mass is 274 g/mol. The fourth-order valence-electron chi connectivity index (χ4n) is 2.60. The Kier molecular flexibility index (Phi) is 3.30. The van der Waals surface area contributed by atoms with E-state index < -0.39 is 0 Å². The first-order valence-corrected chi connectivity index (χ1v) is 6.82. The Morgan fingerprint density at radius 2 is 2.26 bits per heavy atom. The van der Waals surface area contributed by atoms with E-state index in [-0.39, 0.29) is 11.9 Å². The van der Waals surface area contributed by atoms with Crippen molar-refractivity contribution in [1.82, 2.24) is 5.32 Å². The van der Waals surface area contributed by atoms with Gasteiger partial charge in [-0.3, -0.25) is 4.79 Å². The van der Waals surface area contributed by atoms with Crippen molar-refractivity contribution in [2.45, 2.75) is 18.9 Å². The third-order valence-corrected chi connectivity index (χ3v) is 3.74. The predicted octanol–water partition coefficient (Wildman–Crippen LogP) is 2.90. The average Bonchev–Trinajstić information content (AvgIpc) is 2.42. The second-order valence-corrected chi connectivity index (χ2v) is 5.23. The molecule has 1 aromatic rings. The summed E-state index contributed by atoms with van der Waals surface area (Å²) in [7, 11) is 0. The normalized spacial score (nSPS) is 21.9. The van der Waals surface area contributed by atoms with Gasteiger partial charge in [0.25, 0.3) is 5.91 Å². The molecule has 1 unspecified atom stereocenters. The van der Waals surface area contributed by atoms with Gasteiger partial charge < -0.3 is 10.6 Å². The SMILES string of the molecule is O=C1NCC(Nc2cccc(Cl)c2)C2=C1C=CCC2. The van der Waals surface area contributed by atoms with Crippen molar-refractivity contribution in [3.05, 3.63) is 52.6 Å². The summed E-state index contributed by atoms with van der Waals surface area (Å²) in [6, 6.07) is 7.81. The second kappa shape index (κ2) is 5.10. The molecule has 0 radical (unpaired) electrons. The molecule has 1 heterocycles. The number of anilines is 1. The molecule has 3 nitrogen and oxygen atoms in total. The van der Waals surface area contributed by atoms with Crippen LogP contribution in [0, 0.1) is 0 Å². The van der Waals surface area contributed by atoms with Crippen molar-refractivity contribution >= 4 is 23.2 Å². The number of carbonyl (C=O) groups excluding carboxylic acids is 1. The predicted molar refractivity (Wildman–Crippen MR) is 77.3 cm³/mol. The molecule has 19 heavy (non-hydrogen) atoms. The minimum absolute atomic E-state index is 0.0371. The first kappa shape index (κ1) is 12.3. The number of halogens is 1. The van der Waals surface area contributed by atoms with Gasteiger partial charge in [-0.05, 0) is 36.6 Å². The first-order chi connectivity index (χ1) is 9.24. The molecule has 0 bridgehead atoms. The number of hydrogen-bond donors (Lipinski definition) is 2. The lowest BCUT2D eigenvalue weighted by Crippen LogP contribution is -2.44. The van der Waals surface area contributed by atoms with Crippen molar-refractivity contribution < 1.29 is 4.79 Å². The lowest BCUT2D eigenvalue weighted by Gasteiger charge is -2.30. The van der Waals surface area contributed by atoms with Crippen molar-refractivity contribution in [3.63, 3.8) is 0 Å². The van der Waals surface area contributed by atoms with E-state index in [9.17, 15) is 4.79 Å². The maximum absolute atomic E-state index is 11.8. The van der Waals surface area contributed by atoms with E-state index in [1.807, 2.05) is 30.3 Å². The Hall–Kier alpha value is -1.74. The lowest BCUT2D eigenvalue weighted by atomic mass is 9.88. The standard InChI is InChI=1S/C15H15ClN2O/c16-10-4-3-5-11(8-10)18-14-9-17-15(19)13-7-2-1-6-12(13)14/h2-5,7-8,14,18H,1,6,9H2,(H,17,19). The molecule has 0 fully saturated rings. The van der Waals surface area contributed by atoms with Gasteiger partial charge in [-0.25, -0.2) is 0 Å². The summed E-state index contributed by atoms with van der Waals surface area (Å²) in [6.45, 7) is 0.623. The molecular weight excluding hydrogens is 260 g/mol. The molecule has 98 valence electrons. The Morgan fingerprint density at radius 3 is 3.11 bits per heavy atom. The van der Waals surface area contributed by atoms with Gasteiger partial charge in [-0.2, -0.15) is 0 Å². The summed E-state index contributed by atoms with van der Waals surface area (Å²) in [6.07, 6.45) is 5.93. The molecule has 0 saturated carbocycles. The number of nitrogens with one attached hydrogen (secondary N) is 2. The summed E-state index contributed by atoms with van der Waals surface area (Å²) in [4.78, 5) is 11.8. The van der Waals surface area contributed by atoms with Crippen molar-refractivity contribution in [2.24, 2.45) is 0 Å². The number of carbonyl (C=O) groups is 1. The summed E-state index contributed by atoms with van der Waals surface area (Å²) >= 11 is 5.99. The van der Waals surface area contributed by atoms with E-state index in [4.69, 9.17) is 11.6 Å². The molecule has 1 aliphatic carbocycles. The van der Waals surface area contributed by atoms with Gasteiger partial charge in [0.15, 0.2) is 0 Å². The fraction of sp³-hybridized carbons (Fsp3) is 0.267. The minimum Gasteiger partial charge on any atom is -0.377 e. The highest BCUT2D eigenvalue weighted by molar-refractivity contribution is 6.30. The van der Waals surface area contributed by atoms with E-state index in [0.717, 1.165) is 24.1 Å². The number of rotatable bonds is 2. The Balaban J connectivity index is 1.87. The van der Waals surface area contributed by atoms with E-state index in [2.05, 4.69) is 16.7 Å². The third kappa shape index (κ3) is 2.51. The molecule has 0 aromatic heterocycles.